The number of nitrogens with zero attached hydrogens (tertiary/aromatic N) is 1. The molecule has 0 unspecified atom stereocenters. The molecule has 1 aromatic heterocycles. The topological polar surface area (TPSA) is 78.0 Å². The summed E-state index contributed by atoms with van der Waals surface area (Å²) in [6.45, 7) is 0. The molecule has 0 spiro atoms. The summed E-state index contributed by atoms with van der Waals surface area (Å²) >= 11 is 0. The zero-order chi connectivity index (χ0) is 16.8. The number of aromatic amines is 1. The van der Waals surface area contributed by atoms with Crippen molar-refractivity contribution in [1.29, 1.82) is 0 Å². The van der Waals surface area contributed by atoms with Crippen LogP contribution in [0.5, 0.6) is 0 Å². The SMILES string of the molecule is Cl.O=C(/C=C/c1cccc(Cc2ncc(-c3ccccc3)[nH]2)c1)NO. The number of carbonyl (C=O) groups excluding carboxylic acids is 1. The molecular weight excluding hydrogens is 338 g/mol. The van der Waals surface area contributed by atoms with Crippen molar-refractivity contribution in [2.24, 2.45) is 0 Å². The maximum Gasteiger partial charge on any atom is 0.267 e. The Balaban J connectivity index is 0.00000225. The molecule has 3 N–H and O–H groups in total. The molecule has 2 aromatic carbocycles. The van der Waals surface area contributed by atoms with E-state index in [2.05, 4.69) is 9.97 Å². The van der Waals surface area contributed by atoms with Crippen molar-refractivity contribution < 1.29 is 10.0 Å². The summed E-state index contributed by atoms with van der Waals surface area (Å²) in [5, 5.41) is 8.50. The zero-order valence-electron chi connectivity index (χ0n) is 13.3. The van der Waals surface area contributed by atoms with E-state index in [4.69, 9.17) is 5.21 Å². The van der Waals surface area contributed by atoms with Gasteiger partial charge in [-0.1, -0.05) is 54.6 Å². The van der Waals surface area contributed by atoms with Crippen molar-refractivity contribution in [3.05, 3.63) is 83.8 Å². The number of hydroxylamine groups is 1. The third kappa shape index (κ3) is 5.04. The third-order valence-electron chi connectivity index (χ3n) is 3.57. The van der Waals surface area contributed by atoms with Gasteiger partial charge in [0.1, 0.15) is 5.82 Å². The Morgan fingerprint density at radius 2 is 1.96 bits per heavy atom. The molecule has 0 saturated carbocycles. The second-order valence-corrected chi connectivity index (χ2v) is 5.34. The van der Waals surface area contributed by atoms with Gasteiger partial charge in [-0.05, 0) is 22.8 Å². The van der Waals surface area contributed by atoms with Gasteiger partial charge in [0.25, 0.3) is 5.91 Å². The van der Waals surface area contributed by atoms with E-state index in [1.54, 1.807) is 11.6 Å². The molecule has 128 valence electrons. The molecule has 6 heteroatoms. The molecule has 0 fully saturated rings. The van der Waals surface area contributed by atoms with Crippen LogP contribution in [-0.4, -0.2) is 21.1 Å². The van der Waals surface area contributed by atoms with Gasteiger partial charge in [-0.15, -0.1) is 12.4 Å². The molecule has 0 radical (unpaired) electrons. The number of carbonyl (C=O) groups is 1. The first-order valence-corrected chi connectivity index (χ1v) is 7.55. The first-order valence-electron chi connectivity index (χ1n) is 7.55. The van der Waals surface area contributed by atoms with E-state index in [0.717, 1.165) is 28.2 Å². The standard InChI is InChI=1S/C19H17N3O2.ClH/c23-19(22-24)10-9-14-5-4-6-15(11-14)12-18-20-13-17(21-18)16-7-2-1-3-8-16;/h1-11,13,24H,12H2,(H,20,21)(H,22,23);1H/b10-9+;. The summed E-state index contributed by atoms with van der Waals surface area (Å²) in [5.74, 6) is 0.321. The smallest absolute Gasteiger partial charge is 0.267 e. The fourth-order valence-corrected chi connectivity index (χ4v) is 2.43. The number of nitrogens with one attached hydrogen (secondary N) is 2. The van der Waals surface area contributed by atoms with Gasteiger partial charge in [-0.3, -0.25) is 10.0 Å². The van der Waals surface area contributed by atoms with Crippen molar-refractivity contribution in [3.8, 4) is 11.3 Å². The van der Waals surface area contributed by atoms with Crippen LogP contribution in [0, 0.1) is 0 Å². The van der Waals surface area contributed by atoms with Crippen molar-refractivity contribution in [3.63, 3.8) is 0 Å². The lowest BCUT2D eigenvalue weighted by Crippen LogP contribution is -2.14. The van der Waals surface area contributed by atoms with Crippen LogP contribution in [-0.2, 0) is 11.2 Å². The van der Waals surface area contributed by atoms with Gasteiger partial charge in [0, 0.05) is 12.5 Å². The van der Waals surface area contributed by atoms with Crippen molar-refractivity contribution in [1.82, 2.24) is 15.4 Å². The van der Waals surface area contributed by atoms with Crippen LogP contribution in [0.2, 0.25) is 0 Å². The Morgan fingerprint density at radius 3 is 2.72 bits per heavy atom. The average Bonchev–Trinajstić information content (AvgIpc) is 3.09. The van der Waals surface area contributed by atoms with Gasteiger partial charge < -0.3 is 4.98 Å². The first-order chi connectivity index (χ1) is 11.7. The first kappa shape index (κ1) is 18.4. The third-order valence-corrected chi connectivity index (χ3v) is 3.57. The van der Waals surface area contributed by atoms with Crippen LogP contribution < -0.4 is 5.48 Å². The highest BCUT2D eigenvalue weighted by Gasteiger charge is 2.04. The Hall–Kier alpha value is -2.89. The Kier molecular flexibility index (Phi) is 6.51. The lowest BCUT2D eigenvalue weighted by atomic mass is 10.1. The minimum absolute atomic E-state index is 0. The molecule has 3 aromatic rings. The number of halogens is 1. The van der Waals surface area contributed by atoms with E-state index in [9.17, 15) is 4.79 Å². The predicted octanol–water partition coefficient (Wildman–Crippen LogP) is 3.61. The van der Waals surface area contributed by atoms with Crippen LogP contribution in [0.3, 0.4) is 0 Å². The second-order valence-electron chi connectivity index (χ2n) is 5.34. The molecule has 1 amide bonds. The van der Waals surface area contributed by atoms with Crippen molar-refractivity contribution >= 4 is 24.4 Å². The monoisotopic (exact) mass is 355 g/mol. The summed E-state index contributed by atoms with van der Waals surface area (Å²) < 4.78 is 0. The van der Waals surface area contributed by atoms with E-state index < -0.39 is 5.91 Å². The molecule has 1 heterocycles. The van der Waals surface area contributed by atoms with Crippen LogP contribution >= 0.6 is 12.4 Å². The lowest BCUT2D eigenvalue weighted by molar-refractivity contribution is -0.124. The highest BCUT2D eigenvalue weighted by Crippen LogP contribution is 2.18. The Bertz CT molecular complexity index is 860. The number of hydrogen-bond donors (Lipinski definition) is 3. The lowest BCUT2D eigenvalue weighted by Gasteiger charge is -2.01. The zero-order valence-corrected chi connectivity index (χ0v) is 14.2. The number of hydrogen-bond acceptors (Lipinski definition) is 3. The number of aromatic nitrogens is 2. The molecule has 0 aliphatic carbocycles. The molecule has 5 nitrogen and oxygen atoms in total. The van der Waals surface area contributed by atoms with Crippen LogP contribution in [0.25, 0.3) is 17.3 Å². The highest BCUT2D eigenvalue weighted by atomic mass is 35.5. The van der Waals surface area contributed by atoms with Crippen LogP contribution in [0.1, 0.15) is 17.0 Å². The van der Waals surface area contributed by atoms with Gasteiger partial charge in [0.05, 0.1) is 11.9 Å². The second kappa shape index (κ2) is 8.82. The number of imidazole rings is 1. The largest absolute Gasteiger partial charge is 0.342 e. The van der Waals surface area contributed by atoms with E-state index in [0.29, 0.717) is 6.42 Å². The molecule has 0 aliphatic rings. The fourth-order valence-electron chi connectivity index (χ4n) is 2.43. The van der Waals surface area contributed by atoms with E-state index in [1.807, 2.05) is 60.8 Å². The molecule has 0 aliphatic heterocycles. The minimum atomic E-state index is -0.557. The Morgan fingerprint density at radius 1 is 1.16 bits per heavy atom. The summed E-state index contributed by atoms with van der Waals surface area (Å²) in [7, 11) is 0. The number of H-pyrrole nitrogens is 1. The molecule has 0 bridgehead atoms. The quantitative estimate of drug-likeness (QED) is 0.371. The maximum absolute atomic E-state index is 11.0. The van der Waals surface area contributed by atoms with Crippen molar-refractivity contribution in [2.45, 2.75) is 6.42 Å². The maximum atomic E-state index is 11.0. The summed E-state index contributed by atoms with van der Waals surface area (Å²) in [4.78, 5) is 18.8. The van der Waals surface area contributed by atoms with Gasteiger partial charge in [0.15, 0.2) is 0 Å². The minimum Gasteiger partial charge on any atom is -0.342 e. The molecule has 3 rings (SSSR count). The summed E-state index contributed by atoms with van der Waals surface area (Å²) in [6, 6.07) is 17.8. The van der Waals surface area contributed by atoms with Crippen molar-refractivity contribution in [2.75, 3.05) is 0 Å². The number of benzene rings is 2. The average molecular weight is 356 g/mol. The van der Waals surface area contributed by atoms with E-state index >= 15 is 0 Å². The normalized spacial score (nSPS) is 10.4. The number of rotatable bonds is 5. The molecule has 0 saturated heterocycles. The Labute approximate surface area is 151 Å². The highest BCUT2D eigenvalue weighted by molar-refractivity contribution is 5.90. The van der Waals surface area contributed by atoms with Gasteiger partial charge in [-0.2, -0.15) is 0 Å². The molecular formula is C19H18ClN3O2. The van der Waals surface area contributed by atoms with Gasteiger partial charge >= 0.3 is 0 Å². The summed E-state index contributed by atoms with van der Waals surface area (Å²) in [6.07, 6.45) is 5.42. The summed E-state index contributed by atoms with van der Waals surface area (Å²) in [5.41, 5.74) is 5.61. The van der Waals surface area contributed by atoms with Crippen LogP contribution in [0.4, 0.5) is 0 Å². The van der Waals surface area contributed by atoms with Gasteiger partial charge in [-0.25, -0.2) is 10.5 Å². The molecule has 0 atom stereocenters. The van der Waals surface area contributed by atoms with E-state index in [1.165, 1.54) is 6.08 Å². The van der Waals surface area contributed by atoms with Crippen LogP contribution in [0.15, 0.2) is 66.9 Å². The van der Waals surface area contributed by atoms with E-state index in [-0.39, 0.29) is 12.4 Å². The molecule has 25 heavy (non-hydrogen) atoms. The van der Waals surface area contributed by atoms with Gasteiger partial charge in [0.2, 0.25) is 0 Å². The fraction of sp³-hybridized carbons (Fsp3) is 0.0526. The predicted molar refractivity (Wildman–Crippen MR) is 99.5 cm³/mol. The number of amides is 1.